The van der Waals surface area contributed by atoms with Gasteiger partial charge in [-0.1, -0.05) is 24.3 Å². The zero-order valence-electron chi connectivity index (χ0n) is 18.4. The molecule has 0 radical (unpaired) electrons. The van der Waals surface area contributed by atoms with Gasteiger partial charge in [-0.2, -0.15) is 0 Å². The summed E-state index contributed by atoms with van der Waals surface area (Å²) in [6.07, 6.45) is -1.17. The van der Waals surface area contributed by atoms with Gasteiger partial charge in [0, 0.05) is 25.0 Å². The first-order chi connectivity index (χ1) is 16.6. The zero-order chi connectivity index (χ0) is 25.6. The summed E-state index contributed by atoms with van der Waals surface area (Å²) < 4.78 is 10.3. The lowest BCUT2D eigenvalue weighted by Gasteiger charge is -2.41. The van der Waals surface area contributed by atoms with E-state index in [1.165, 1.54) is 48.6 Å². The largest absolute Gasteiger partial charge is 0.508 e. The van der Waals surface area contributed by atoms with Gasteiger partial charge in [0.05, 0.1) is 6.10 Å². The Morgan fingerprint density at radius 3 is 1.77 bits per heavy atom. The van der Waals surface area contributed by atoms with Crippen LogP contribution in [0.1, 0.15) is 24.0 Å². The van der Waals surface area contributed by atoms with Gasteiger partial charge in [-0.3, -0.25) is 0 Å². The average Bonchev–Trinajstić information content (AvgIpc) is 2.81. The van der Waals surface area contributed by atoms with Gasteiger partial charge in [-0.05, 0) is 47.5 Å². The molecule has 0 bridgehead atoms. The minimum absolute atomic E-state index is 0.0304. The molecule has 10 heteroatoms. The third kappa shape index (κ3) is 6.69. The number of phenols is 2. The van der Waals surface area contributed by atoms with E-state index in [1.807, 2.05) is 0 Å². The minimum Gasteiger partial charge on any atom is -0.508 e. The first-order valence-corrected chi connectivity index (χ1v) is 10.6. The van der Waals surface area contributed by atoms with Crippen LogP contribution in [0.4, 0.5) is 0 Å². The third-order valence-electron chi connectivity index (χ3n) is 5.41. The van der Waals surface area contributed by atoms with Gasteiger partial charge in [0.25, 0.3) is 0 Å². The fraction of sp³-hybridized carbons (Fsp3) is 0.240. The second-order valence-electron chi connectivity index (χ2n) is 8.01. The van der Waals surface area contributed by atoms with Crippen LogP contribution in [0.15, 0.2) is 60.7 Å². The number of aromatic hydroxyl groups is 2. The predicted octanol–water partition coefficient (Wildman–Crippen LogP) is 1.62. The van der Waals surface area contributed by atoms with Crippen molar-refractivity contribution in [2.75, 3.05) is 0 Å². The summed E-state index contributed by atoms with van der Waals surface area (Å²) in [5.41, 5.74) is -1.14. The molecule has 1 fully saturated rings. The highest BCUT2D eigenvalue weighted by atomic mass is 16.6. The number of aliphatic carboxylic acids is 1. The van der Waals surface area contributed by atoms with Crippen LogP contribution in [-0.2, 0) is 23.9 Å². The summed E-state index contributed by atoms with van der Waals surface area (Å²) in [7, 11) is 0. The maximum absolute atomic E-state index is 12.4. The van der Waals surface area contributed by atoms with Crippen molar-refractivity contribution >= 4 is 30.1 Å². The SMILES string of the molecule is O=C(/C=C\c1ccc(O)cc1)O[C@@H]1CC(OC(=O)/C=C/c2ccc(O)cc2)(C(=O)O)C[C@@H](O)[C@H]1O. The summed E-state index contributed by atoms with van der Waals surface area (Å²) in [5, 5.41) is 48.9. The van der Waals surface area contributed by atoms with Crippen molar-refractivity contribution in [1.82, 2.24) is 0 Å². The Bertz CT molecular complexity index is 1120. The molecule has 0 heterocycles. The number of hydrogen-bond donors (Lipinski definition) is 5. The van der Waals surface area contributed by atoms with Gasteiger partial charge in [0.2, 0.25) is 5.60 Å². The molecule has 1 saturated carbocycles. The van der Waals surface area contributed by atoms with Gasteiger partial charge in [0.1, 0.15) is 23.7 Å². The van der Waals surface area contributed by atoms with E-state index in [9.17, 15) is 39.9 Å². The van der Waals surface area contributed by atoms with E-state index in [2.05, 4.69) is 0 Å². The Hall–Kier alpha value is -4.15. The number of rotatable bonds is 7. The molecule has 0 aromatic heterocycles. The van der Waals surface area contributed by atoms with E-state index >= 15 is 0 Å². The molecule has 35 heavy (non-hydrogen) atoms. The van der Waals surface area contributed by atoms with E-state index in [1.54, 1.807) is 12.1 Å². The molecule has 0 amide bonds. The summed E-state index contributed by atoms with van der Waals surface area (Å²) in [5.74, 6) is -3.45. The Morgan fingerprint density at radius 1 is 0.800 bits per heavy atom. The molecule has 184 valence electrons. The number of phenolic OH excluding ortho intramolecular Hbond substituents is 2. The van der Waals surface area contributed by atoms with Gasteiger partial charge >= 0.3 is 17.9 Å². The van der Waals surface area contributed by atoms with Crippen molar-refractivity contribution in [2.24, 2.45) is 0 Å². The molecule has 1 unspecified atom stereocenters. The zero-order valence-corrected chi connectivity index (χ0v) is 18.4. The van der Waals surface area contributed by atoms with Crippen LogP contribution in [0.25, 0.3) is 12.2 Å². The van der Waals surface area contributed by atoms with Gasteiger partial charge in [-0.25, -0.2) is 14.4 Å². The first kappa shape index (κ1) is 25.5. The maximum atomic E-state index is 12.4. The molecule has 2 aromatic rings. The average molecular weight is 484 g/mol. The van der Waals surface area contributed by atoms with Crippen molar-refractivity contribution in [3.05, 3.63) is 71.8 Å². The quantitative estimate of drug-likeness (QED) is 0.287. The number of aliphatic hydroxyl groups is 2. The van der Waals surface area contributed by atoms with E-state index in [-0.39, 0.29) is 11.5 Å². The Morgan fingerprint density at radius 2 is 1.29 bits per heavy atom. The highest BCUT2D eigenvalue weighted by Crippen LogP contribution is 2.35. The lowest BCUT2D eigenvalue weighted by atomic mass is 9.79. The maximum Gasteiger partial charge on any atom is 0.348 e. The predicted molar refractivity (Wildman–Crippen MR) is 122 cm³/mol. The molecule has 1 aliphatic carbocycles. The van der Waals surface area contributed by atoms with E-state index in [4.69, 9.17) is 9.47 Å². The van der Waals surface area contributed by atoms with Crippen molar-refractivity contribution < 1.29 is 49.4 Å². The van der Waals surface area contributed by atoms with Gasteiger partial charge in [-0.15, -0.1) is 0 Å². The van der Waals surface area contributed by atoms with Crippen molar-refractivity contribution in [3.8, 4) is 11.5 Å². The Balaban J connectivity index is 1.71. The van der Waals surface area contributed by atoms with Crippen LogP contribution in [0.3, 0.4) is 0 Å². The number of carbonyl (C=O) groups excluding carboxylic acids is 2. The molecule has 3 rings (SSSR count). The number of aliphatic hydroxyl groups excluding tert-OH is 2. The highest BCUT2D eigenvalue weighted by Gasteiger charge is 2.54. The molecule has 0 saturated heterocycles. The second-order valence-corrected chi connectivity index (χ2v) is 8.01. The third-order valence-corrected chi connectivity index (χ3v) is 5.41. The number of carboxylic acid groups (broad SMARTS) is 1. The summed E-state index contributed by atoms with van der Waals surface area (Å²) >= 11 is 0. The molecular weight excluding hydrogens is 460 g/mol. The number of benzene rings is 2. The molecule has 10 nitrogen and oxygen atoms in total. The van der Waals surface area contributed by atoms with Crippen LogP contribution in [0, 0.1) is 0 Å². The molecular formula is C25H24O10. The topological polar surface area (TPSA) is 171 Å². The standard InChI is InChI=1S/C25H24O10/c26-17-7-1-15(2-8-17)5-11-21(29)34-20-14-25(24(32)33,13-19(28)23(20)31)35-22(30)12-6-16-3-9-18(27)10-4-16/h1-12,19-20,23,26-28,31H,13-14H2,(H,32,33)/b11-5-,12-6+/t19-,20-,23-,25?/m1/s1. The Kier molecular flexibility index (Phi) is 7.90. The number of esters is 2. The monoisotopic (exact) mass is 484 g/mol. The molecule has 1 aliphatic rings. The summed E-state index contributed by atoms with van der Waals surface area (Å²) in [6, 6.07) is 11.8. The van der Waals surface area contributed by atoms with Gasteiger partial charge in [0.15, 0.2) is 0 Å². The van der Waals surface area contributed by atoms with E-state index in [0.29, 0.717) is 11.1 Å². The van der Waals surface area contributed by atoms with Crippen molar-refractivity contribution in [2.45, 2.75) is 36.8 Å². The number of carbonyl (C=O) groups is 3. The summed E-state index contributed by atoms with van der Waals surface area (Å²) in [6.45, 7) is 0. The van der Waals surface area contributed by atoms with Crippen molar-refractivity contribution in [3.63, 3.8) is 0 Å². The first-order valence-electron chi connectivity index (χ1n) is 10.6. The van der Waals surface area contributed by atoms with Crippen LogP contribution in [0.5, 0.6) is 11.5 Å². The van der Waals surface area contributed by atoms with Crippen molar-refractivity contribution in [1.29, 1.82) is 0 Å². The smallest absolute Gasteiger partial charge is 0.348 e. The fourth-order valence-electron chi connectivity index (χ4n) is 3.56. The second kappa shape index (κ2) is 10.9. The van der Waals surface area contributed by atoms with Crippen LogP contribution < -0.4 is 0 Å². The van der Waals surface area contributed by atoms with Crippen LogP contribution >= 0.6 is 0 Å². The lowest BCUT2D eigenvalue weighted by molar-refractivity contribution is -0.207. The number of hydrogen-bond acceptors (Lipinski definition) is 9. The molecule has 0 aliphatic heterocycles. The Labute approximate surface area is 200 Å². The lowest BCUT2D eigenvalue weighted by Crippen LogP contribution is -2.58. The number of carboxylic acids is 1. The highest BCUT2D eigenvalue weighted by molar-refractivity contribution is 5.91. The van der Waals surface area contributed by atoms with E-state index in [0.717, 1.165) is 12.2 Å². The van der Waals surface area contributed by atoms with E-state index < -0.39 is 54.7 Å². The van der Waals surface area contributed by atoms with Gasteiger partial charge < -0.3 is 35.0 Å². The van der Waals surface area contributed by atoms with Crippen LogP contribution in [-0.4, -0.2) is 67.4 Å². The molecule has 5 N–H and O–H groups in total. The minimum atomic E-state index is -2.25. The number of ether oxygens (including phenoxy) is 2. The molecule has 4 atom stereocenters. The summed E-state index contributed by atoms with van der Waals surface area (Å²) in [4.78, 5) is 36.7. The fourth-order valence-corrected chi connectivity index (χ4v) is 3.56. The van der Waals surface area contributed by atoms with Crippen LogP contribution in [0.2, 0.25) is 0 Å². The normalized spacial score (nSPS) is 24.3. The molecule has 0 spiro atoms. The molecule has 2 aromatic carbocycles.